The molecule has 30 heavy (non-hydrogen) atoms. The van der Waals surface area contributed by atoms with Crippen LogP contribution in [0.4, 0.5) is 5.69 Å². The van der Waals surface area contributed by atoms with Crippen molar-refractivity contribution in [2.75, 3.05) is 18.4 Å². The number of benzene rings is 2. The first-order valence-corrected chi connectivity index (χ1v) is 10.7. The van der Waals surface area contributed by atoms with E-state index in [1.165, 1.54) is 19.2 Å². The van der Waals surface area contributed by atoms with Crippen LogP contribution in [0, 0.1) is 13.8 Å². The first kappa shape index (κ1) is 21.4. The molecule has 0 amide bonds. The average molecular weight is 430 g/mol. The van der Waals surface area contributed by atoms with E-state index in [9.17, 15) is 13.2 Å². The molecule has 9 heteroatoms. The molecule has 2 aromatic carbocycles. The van der Waals surface area contributed by atoms with E-state index >= 15 is 0 Å². The number of methoxy groups -OCH3 is 1. The second kappa shape index (κ2) is 8.58. The molecule has 0 unspecified atom stereocenters. The molecule has 0 saturated carbocycles. The van der Waals surface area contributed by atoms with Crippen LogP contribution in [0.25, 0.3) is 11.3 Å². The Kier molecular flexibility index (Phi) is 6.12. The number of nitrogens with zero attached hydrogens (tertiary/aromatic N) is 1. The average Bonchev–Trinajstić information content (AvgIpc) is 3.06. The van der Waals surface area contributed by atoms with Gasteiger partial charge >= 0.3 is 5.97 Å². The summed E-state index contributed by atoms with van der Waals surface area (Å²) in [7, 11) is -2.65. The first-order valence-electron chi connectivity index (χ1n) is 9.18. The minimum Gasteiger partial charge on any atom is -0.495 e. The Morgan fingerprint density at radius 3 is 2.57 bits per heavy atom. The van der Waals surface area contributed by atoms with E-state index in [2.05, 4.69) is 9.88 Å². The first-order chi connectivity index (χ1) is 14.3. The quantitative estimate of drug-likeness (QED) is 0.566. The maximum Gasteiger partial charge on any atom is 0.338 e. The molecule has 1 heterocycles. The Morgan fingerprint density at radius 1 is 1.17 bits per heavy atom. The maximum absolute atomic E-state index is 13.1. The summed E-state index contributed by atoms with van der Waals surface area (Å²) in [6.07, 6.45) is 0. The number of anilines is 1. The van der Waals surface area contributed by atoms with Gasteiger partial charge in [0.1, 0.15) is 10.6 Å². The summed E-state index contributed by atoms with van der Waals surface area (Å²) < 4.78 is 44.3. The molecule has 0 saturated heterocycles. The number of sulfonamides is 1. The fourth-order valence-electron chi connectivity index (χ4n) is 2.85. The van der Waals surface area contributed by atoms with Crippen LogP contribution in [0.1, 0.15) is 28.5 Å². The van der Waals surface area contributed by atoms with Gasteiger partial charge in [-0.25, -0.2) is 13.2 Å². The van der Waals surface area contributed by atoms with Gasteiger partial charge in [0.15, 0.2) is 5.76 Å². The highest BCUT2D eigenvalue weighted by atomic mass is 32.2. The molecule has 1 aromatic heterocycles. The highest BCUT2D eigenvalue weighted by molar-refractivity contribution is 7.92. The van der Waals surface area contributed by atoms with Crippen LogP contribution in [0.5, 0.6) is 5.75 Å². The second-order valence-electron chi connectivity index (χ2n) is 6.49. The maximum atomic E-state index is 13.1. The predicted molar refractivity (Wildman–Crippen MR) is 111 cm³/mol. The number of rotatable bonds is 7. The molecule has 0 radical (unpaired) electrons. The standard InChI is InChI=1S/C21H22N2O6S/c1-5-28-21(24)16-7-6-8-17(11-16)23-30(25,26)19-12-15(9-10-18(19)27-4)20-13(2)14(3)22-29-20/h6-12,23H,5H2,1-4H3. The van der Waals surface area contributed by atoms with Crippen molar-refractivity contribution in [3.8, 4) is 17.1 Å². The van der Waals surface area contributed by atoms with Crippen LogP contribution in [0.3, 0.4) is 0 Å². The highest BCUT2D eigenvalue weighted by Crippen LogP contribution is 2.33. The fraction of sp³-hybridized carbons (Fsp3) is 0.238. The van der Waals surface area contributed by atoms with E-state index in [1.54, 1.807) is 37.3 Å². The molecule has 0 spiro atoms. The Balaban J connectivity index is 1.99. The van der Waals surface area contributed by atoms with Gasteiger partial charge in [-0.15, -0.1) is 0 Å². The molecule has 0 aliphatic rings. The van der Waals surface area contributed by atoms with Gasteiger partial charge in [0.05, 0.1) is 25.0 Å². The summed E-state index contributed by atoms with van der Waals surface area (Å²) in [6.45, 7) is 5.57. The van der Waals surface area contributed by atoms with Gasteiger partial charge in [-0.2, -0.15) is 0 Å². The third-order valence-electron chi connectivity index (χ3n) is 4.50. The molecule has 0 atom stereocenters. The van der Waals surface area contributed by atoms with Crippen molar-refractivity contribution in [3.63, 3.8) is 0 Å². The van der Waals surface area contributed by atoms with Crippen molar-refractivity contribution in [2.24, 2.45) is 0 Å². The molecule has 8 nitrogen and oxygen atoms in total. The van der Waals surface area contributed by atoms with Gasteiger partial charge in [-0.05, 0) is 57.2 Å². The lowest BCUT2D eigenvalue weighted by Crippen LogP contribution is -2.15. The smallest absolute Gasteiger partial charge is 0.338 e. The Bertz CT molecular complexity index is 1180. The van der Waals surface area contributed by atoms with Crippen LogP contribution >= 0.6 is 0 Å². The topological polar surface area (TPSA) is 108 Å². The predicted octanol–water partition coefficient (Wildman–Crippen LogP) is 3.94. The van der Waals surface area contributed by atoms with Gasteiger partial charge in [0.2, 0.25) is 0 Å². The lowest BCUT2D eigenvalue weighted by atomic mass is 10.1. The molecule has 3 aromatic rings. The molecular weight excluding hydrogens is 408 g/mol. The van der Waals surface area contributed by atoms with Gasteiger partial charge in [0.25, 0.3) is 10.0 Å². The van der Waals surface area contributed by atoms with Crippen LogP contribution in [0.2, 0.25) is 0 Å². The van der Waals surface area contributed by atoms with E-state index in [4.69, 9.17) is 14.0 Å². The summed E-state index contributed by atoms with van der Waals surface area (Å²) in [4.78, 5) is 11.9. The van der Waals surface area contributed by atoms with Gasteiger partial charge in [0, 0.05) is 16.8 Å². The molecule has 3 rings (SSSR count). The highest BCUT2D eigenvalue weighted by Gasteiger charge is 2.23. The molecule has 1 N–H and O–H groups in total. The summed E-state index contributed by atoms with van der Waals surface area (Å²) in [5.41, 5.74) is 2.55. The minimum atomic E-state index is -4.04. The Morgan fingerprint density at radius 2 is 1.93 bits per heavy atom. The third kappa shape index (κ3) is 4.30. The Labute approximate surface area is 174 Å². The summed E-state index contributed by atoms with van der Waals surface area (Å²) in [6, 6.07) is 10.8. The van der Waals surface area contributed by atoms with Gasteiger partial charge in [-0.1, -0.05) is 11.2 Å². The number of esters is 1. The monoisotopic (exact) mass is 430 g/mol. The normalized spacial score (nSPS) is 11.2. The number of carbonyl (C=O) groups excluding carboxylic acids is 1. The van der Waals surface area contributed by atoms with E-state index in [0.717, 1.165) is 11.3 Å². The SMILES string of the molecule is CCOC(=O)c1cccc(NS(=O)(=O)c2cc(-c3onc(C)c3C)ccc2OC)c1. The molecule has 0 aliphatic carbocycles. The molecule has 0 aliphatic heterocycles. The van der Waals surface area contributed by atoms with Crippen molar-refractivity contribution in [1.82, 2.24) is 5.16 Å². The van der Waals surface area contributed by atoms with E-state index in [0.29, 0.717) is 11.3 Å². The van der Waals surface area contributed by atoms with E-state index in [1.807, 2.05) is 13.8 Å². The van der Waals surface area contributed by atoms with Crippen molar-refractivity contribution in [3.05, 3.63) is 59.3 Å². The molecular formula is C21H22N2O6S. The zero-order valence-electron chi connectivity index (χ0n) is 17.1. The molecule has 158 valence electrons. The summed E-state index contributed by atoms with van der Waals surface area (Å²) in [5, 5.41) is 3.92. The number of carbonyl (C=O) groups is 1. The third-order valence-corrected chi connectivity index (χ3v) is 5.90. The minimum absolute atomic E-state index is 0.0718. The van der Waals surface area contributed by atoms with Gasteiger partial charge in [-0.3, -0.25) is 4.72 Å². The second-order valence-corrected chi connectivity index (χ2v) is 8.15. The zero-order chi connectivity index (χ0) is 21.9. The van der Waals surface area contributed by atoms with E-state index in [-0.39, 0.29) is 28.5 Å². The summed E-state index contributed by atoms with van der Waals surface area (Å²) in [5.74, 6) is 0.117. The number of aromatic nitrogens is 1. The largest absolute Gasteiger partial charge is 0.495 e. The summed E-state index contributed by atoms with van der Waals surface area (Å²) >= 11 is 0. The lowest BCUT2D eigenvalue weighted by Gasteiger charge is -2.13. The van der Waals surface area contributed by atoms with Crippen molar-refractivity contribution < 1.29 is 27.2 Å². The fourth-order valence-corrected chi connectivity index (χ4v) is 4.09. The lowest BCUT2D eigenvalue weighted by molar-refractivity contribution is 0.0526. The van der Waals surface area contributed by atoms with Crippen molar-refractivity contribution >= 4 is 21.7 Å². The van der Waals surface area contributed by atoms with Crippen LogP contribution in [0.15, 0.2) is 51.9 Å². The Hall–Kier alpha value is -3.33. The number of hydrogen-bond acceptors (Lipinski definition) is 7. The molecule has 0 bridgehead atoms. The number of aryl methyl sites for hydroxylation is 1. The van der Waals surface area contributed by atoms with Gasteiger partial charge < -0.3 is 14.0 Å². The molecule has 0 fully saturated rings. The number of ether oxygens (including phenoxy) is 2. The van der Waals surface area contributed by atoms with Crippen LogP contribution in [-0.2, 0) is 14.8 Å². The van der Waals surface area contributed by atoms with Crippen LogP contribution < -0.4 is 9.46 Å². The van der Waals surface area contributed by atoms with Crippen molar-refractivity contribution in [1.29, 1.82) is 0 Å². The number of nitrogens with one attached hydrogen (secondary N) is 1. The zero-order valence-corrected chi connectivity index (χ0v) is 17.9. The van der Waals surface area contributed by atoms with E-state index < -0.39 is 16.0 Å². The number of hydrogen-bond donors (Lipinski definition) is 1. The van der Waals surface area contributed by atoms with Crippen LogP contribution in [-0.4, -0.2) is 33.3 Å². The van der Waals surface area contributed by atoms with Crippen molar-refractivity contribution in [2.45, 2.75) is 25.7 Å².